The zero-order chi connectivity index (χ0) is 35.4. The van der Waals surface area contributed by atoms with Gasteiger partial charge in [0.1, 0.15) is 11.8 Å². The van der Waals surface area contributed by atoms with Crippen LogP contribution in [0.3, 0.4) is 0 Å². The highest BCUT2D eigenvalue weighted by atomic mass is 32.1. The molecule has 0 saturated heterocycles. The second-order valence-electron chi connectivity index (χ2n) is 13.3. The molecule has 0 aliphatic heterocycles. The largest absolute Gasteiger partial charge is 0.494 e. The van der Waals surface area contributed by atoms with Gasteiger partial charge in [0.2, 0.25) is 5.91 Å². The van der Waals surface area contributed by atoms with E-state index in [1.807, 2.05) is 54.6 Å². The van der Waals surface area contributed by atoms with Crippen molar-refractivity contribution in [3.63, 3.8) is 0 Å². The number of carbonyl (C=O) groups excluding carboxylic acids is 2. The highest BCUT2D eigenvalue weighted by Gasteiger charge is 2.28. The summed E-state index contributed by atoms with van der Waals surface area (Å²) in [5, 5.41) is 21.2. The second kappa shape index (κ2) is 17.8. The summed E-state index contributed by atoms with van der Waals surface area (Å²) in [5.41, 5.74) is 3.33. The molecule has 1 amide bonds. The number of ether oxygens (including phenoxy) is 1. The number of carbonyl (C=O) groups is 3. The number of nitrogens with one attached hydrogen (secondary N) is 1. The molecule has 4 rings (SSSR count). The first-order valence-corrected chi connectivity index (χ1v) is 17.7. The number of carboxylic acids is 1. The van der Waals surface area contributed by atoms with Crippen LogP contribution in [0.4, 0.5) is 0 Å². The Kier molecular flexibility index (Phi) is 13.6. The van der Waals surface area contributed by atoms with E-state index in [0.717, 1.165) is 39.3 Å². The molecule has 10 heteroatoms. The van der Waals surface area contributed by atoms with Crippen LogP contribution in [-0.4, -0.2) is 57.1 Å². The smallest absolute Gasteiger partial charge is 0.328 e. The fourth-order valence-electron chi connectivity index (χ4n) is 5.29. The van der Waals surface area contributed by atoms with Gasteiger partial charge in [-0.2, -0.15) is 0 Å². The van der Waals surface area contributed by atoms with Gasteiger partial charge in [-0.25, -0.2) is 14.8 Å². The lowest BCUT2D eigenvalue weighted by molar-refractivity contribution is -0.143. The predicted molar refractivity (Wildman–Crippen MR) is 193 cm³/mol. The maximum Gasteiger partial charge on any atom is 0.328 e. The number of Topliss-reactive ketones (excluding diaryl/α,β-unsaturated/α-hetero) is 1. The Morgan fingerprint density at radius 1 is 0.857 bits per heavy atom. The van der Waals surface area contributed by atoms with Crippen LogP contribution in [0.25, 0.3) is 22.5 Å². The molecule has 0 radical (unpaired) electrons. The molecule has 49 heavy (non-hydrogen) atoms. The Morgan fingerprint density at radius 2 is 1.51 bits per heavy atom. The number of benzene rings is 2. The van der Waals surface area contributed by atoms with Gasteiger partial charge >= 0.3 is 5.97 Å². The minimum absolute atomic E-state index is 0.105. The molecule has 0 bridgehead atoms. The molecule has 4 aromatic rings. The van der Waals surface area contributed by atoms with E-state index in [1.54, 1.807) is 18.5 Å². The molecular weight excluding hydrogens is 639 g/mol. The zero-order valence-corrected chi connectivity index (χ0v) is 29.6. The van der Waals surface area contributed by atoms with Gasteiger partial charge in [-0.05, 0) is 53.6 Å². The molecule has 2 heterocycles. The number of nitrogens with zero attached hydrogens (tertiary/aromatic N) is 2. The quantitative estimate of drug-likeness (QED) is 0.0723. The molecule has 0 aliphatic rings. The Bertz CT molecular complexity index is 1660. The van der Waals surface area contributed by atoms with Crippen LogP contribution in [0.15, 0.2) is 73.1 Å². The number of aliphatic hydroxyl groups excluding tert-OH is 1. The first-order valence-electron chi connectivity index (χ1n) is 16.9. The van der Waals surface area contributed by atoms with Crippen molar-refractivity contribution >= 4 is 29.0 Å². The van der Waals surface area contributed by atoms with Crippen LogP contribution in [-0.2, 0) is 21.4 Å². The maximum atomic E-state index is 13.3. The molecule has 0 fully saturated rings. The van der Waals surface area contributed by atoms with Crippen molar-refractivity contribution in [1.29, 1.82) is 0 Å². The van der Waals surface area contributed by atoms with Gasteiger partial charge in [0.25, 0.3) is 0 Å². The van der Waals surface area contributed by atoms with Crippen molar-refractivity contribution in [2.75, 3.05) is 13.2 Å². The zero-order valence-electron chi connectivity index (χ0n) is 28.8. The Labute approximate surface area is 292 Å². The lowest BCUT2D eigenvalue weighted by Crippen LogP contribution is -2.46. The van der Waals surface area contributed by atoms with Crippen molar-refractivity contribution in [2.24, 2.45) is 5.92 Å². The van der Waals surface area contributed by atoms with Gasteiger partial charge < -0.3 is 20.3 Å². The average molecular weight is 686 g/mol. The van der Waals surface area contributed by atoms with E-state index in [0.29, 0.717) is 17.3 Å². The number of hydrogen-bond donors (Lipinski definition) is 3. The van der Waals surface area contributed by atoms with Crippen LogP contribution in [0.1, 0.15) is 86.3 Å². The number of aromatic nitrogens is 2. The number of hydrogen-bond acceptors (Lipinski definition) is 8. The van der Waals surface area contributed by atoms with E-state index < -0.39 is 30.4 Å². The van der Waals surface area contributed by atoms with Crippen LogP contribution < -0.4 is 10.1 Å². The molecule has 9 nitrogen and oxygen atoms in total. The van der Waals surface area contributed by atoms with E-state index >= 15 is 0 Å². The maximum absolute atomic E-state index is 13.3. The third kappa shape index (κ3) is 11.1. The number of unbranched alkanes of at least 4 members (excludes halogenated alkanes) is 4. The fraction of sp³-hybridized carbons (Fsp3) is 0.410. The van der Waals surface area contributed by atoms with Crippen LogP contribution in [0, 0.1) is 5.92 Å². The van der Waals surface area contributed by atoms with Crippen molar-refractivity contribution in [1.82, 2.24) is 15.3 Å². The fourth-order valence-corrected chi connectivity index (χ4v) is 6.30. The summed E-state index contributed by atoms with van der Waals surface area (Å²) in [6, 6.07) is 17.6. The molecule has 0 unspecified atom stereocenters. The second-order valence-corrected chi connectivity index (χ2v) is 14.4. The highest BCUT2D eigenvalue weighted by molar-refractivity contribution is 7.14. The normalized spacial score (nSPS) is 12.7. The molecule has 2 aromatic heterocycles. The van der Waals surface area contributed by atoms with Crippen molar-refractivity contribution in [2.45, 2.75) is 84.1 Å². The standard InChI is InChI=1S/C39H47N3O6S/c1-5-6-7-8-9-20-48-31-16-14-27(15-17-31)30-23-40-36(41-24-30)28-12-10-26(11-13-28)21-29(37(45)42-32(25-43)38(46)47)22-33(44)34-18-19-35(49-34)39(2,3)4/h10-19,23-24,29,32,43H,5-9,20-22,25H2,1-4H3,(H,42,45)(H,46,47)/t29-,32-/m1/s1. The first-order chi connectivity index (χ1) is 23.5. The molecule has 260 valence electrons. The lowest BCUT2D eigenvalue weighted by Gasteiger charge is -2.19. The summed E-state index contributed by atoms with van der Waals surface area (Å²) in [6.07, 6.45) is 9.64. The van der Waals surface area contributed by atoms with E-state index in [2.05, 4.69) is 43.0 Å². The summed E-state index contributed by atoms with van der Waals surface area (Å²) < 4.78 is 5.88. The number of thiophene rings is 1. The summed E-state index contributed by atoms with van der Waals surface area (Å²) in [7, 11) is 0. The molecule has 2 aromatic carbocycles. The van der Waals surface area contributed by atoms with E-state index in [9.17, 15) is 24.6 Å². The molecule has 0 spiro atoms. The van der Waals surface area contributed by atoms with E-state index in [4.69, 9.17) is 4.74 Å². The topological polar surface area (TPSA) is 139 Å². The monoisotopic (exact) mass is 685 g/mol. The number of amides is 1. The van der Waals surface area contributed by atoms with Crippen LogP contribution in [0.5, 0.6) is 5.75 Å². The number of rotatable bonds is 18. The predicted octanol–water partition coefficient (Wildman–Crippen LogP) is 7.51. The third-order valence-corrected chi connectivity index (χ3v) is 9.82. The van der Waals surface area contributed by atoms with Gasteiger partial charge in [0, 0.05) is 40.7 Å². The Hall–Kier alpha value is -4.41. The van der Waals surface area contributed by atoms with Gasteiger partial charge in [-0.1, -0.05) is 89.8 Å². The third-order valence-electron chi connectivity index (χ3n) is 8.27. The molecule has 0 saturated carbocycles. The van der Waals surface area contributed by atoms with Gasteiger partial charge in [0.15, 0.2) is 11.6 Å². The molecule has 0 aliphatic carbocycles. The van der Waals surface area contributed by atoms with Crippen LogP contribution >= 0.6 is 11.3 Å². The van der Waals surface area contributed by atoms with Gasteiger partial charge in [-0.3, -0.25) is 9.59 Å². The minimum atomic E-state index is -1.46. The first kappa shape index (κ1) is 37.4. The molecule has 3 N–H and O–H groups in total. The number of carboxylic acid groups (broad SMARTS) is 1. The van der Waals surface area contributed by atoms with Gasteiger partial charge in [0.05, 0.1) is 18.1 Å². The number of aliphatic carboxylic acids is 1. The van der Waals surface area contributed by atoms with Crippen molar-refractivity contribution in [3.05, 3.63) is 88.4 Å². The SMILES string of the molecule is CCCCCCCOc1ccc(-c2cnc(-c3ccc(C[C@H](CC(=O)c4ccc(C(C)(C)C)s4)C(=O)N[C@H](CO)C(=O)O)cc3)nc2)cc1. The lowest BCUT2D eigenvalue weighted by atomic mass is 9.92. The number of aliphatic hydroxyl groups is 1. The Morgan fingerprint density at radius 3 is 2.10 bits per heavy atom. The van der Waals surface area contributed by atoms with E-state index in [1.165, 1.54) is 37.0 Å². The van der Waals surface area contributed by atoms with Gasteiger partial charge in [-0.15, -0.1) is 11.3 Å². The minimum Gasteiger partial charge on any atom is -0.494 e. The summed E-state index contributed by atoms with van der Waals surface area (Å²) >= 11 is 1.40. The van der Waals surface area contributed by atoms with E-state index in [-0.39, 0.29) is 24.0 Å². The van der Waals surface area contributed by atoms with Crippen molar-refractivity contribution in [3.8, 4) is 28.3 Å². The summed E-state index contributed by atoms with van der Waals surface area (Å²) in [6.45, 7) is 8.37. The highest BCUT2D eigenvalue weighted by Crippen LogP contribution is 2.31. The average Bonchev–Trinajstić information content (AvgIpc) is 3.61. The number of ketones is 1. The van der Waals surface area contributed by atoms with Crippen molar-refractivity contribution < 1.29 is 29.3 Å². The summed E-state index contributed by atoms with van der Waals surface area (Å²) in [4.78, 5) is 48.8. The van der Waals surface area contributed by atoms with Crippen LogP contribution in [0.2, 0.25) is 0 Å². The molecule has 2 atom stereocenters. The molecular formula is C39H47N3O6S. The summed E-state index contributed by atoms with van der Waals surface area (Å²) in [5.74, 6) is -1.60. The Balaban J connectivity index is 1.41.